The zero-order valence-corrected chi connectivity index (χ0v) is 23.8. The Bertz CT molecular complexity index is 1360. The smallest absolute Gasteiger partial charge is 0.244 e. The lowest BCUT2D eigenvalue weighted by molar-refractivity contribution is -0.139. The largest absolute Gasteiger partial charge is 0.457 e. The zero-order chi connectivity index (χ0) is 28.5. The molecule has 1 aliphatic rings. The van der Waals surface area contributed by atoms with Gasteiger partial charge in [-0.25, -0.2) is 8.42 Å². The summed E-state index contributed by atoms with van der Waals surface area (Å²) in [4.78, 5) is 28.4. The third-order valence-electron chi connectivity index (χ3n) is 7.10. The maximum absolute atomic E-state index is 13.7. The molecule has 212 valence electrons. The van der Waals surface area contributed by atoms with Gasteiger partial charge in [0, 0.05) is 12.6 Å². The predicted octanol–water partition coefficient (Wildman–Crippen LogP) is 5.11. The monoisotopic (exact) mass is 563 g/mol. The van der Waals surface area contributed by atoms with Gasteiger partial charge in [-0.15, -0.1) is 0 Å². The van der Waals surface area contributed by atoms with Crippen LogP contribution in [-0.4, -0.2) is 50.0 Å². The summed E-state index contributed by atoms with van der Waals surface area (Å²) in [6.07, 6.45) is 6.24. The van der Waals surface area contributed by atoms with E-state index in [0.29, 0.717) is 17.2 Å². The Balaban J connectivity index is 1.53. The van der Waals surface area contributed by atoms with Crippen LogP contribution in [0.3, 0.4) is 0 Å². The van der Waals surface area contributed by atoms with Gasteiger partial charge < -0.3 is 15.0 Å². The number of sulfonamides is 1. The summed E-state index contributed by atoms with van der Waals surface area (Å²) in [6, 6.07) is 24.5. The molecule has 3 aromatic carbocycles. The van der Waals surface area contributed by atoms with Crippen LogP contribution in [0.4, 0.5) is 5.69 Å². The van der Waals surface area contributed by atoms with Gasteiger partial charge in [0.05, 0.1) is 11.9 Å². The maximum atomic E-state index is 13.7. The van der Waals surface area contributed by atoms with Crippen LogP contribution in [0.25, 0.3) is 0 Å². The summed E-state index contributed by atoms with van der Waals surface area (Å²) in [5, 5.41) is 3.10. The van der Waals surface area contributed by atoms with E-state index in [1.807, 2.05) is 60.7 Å². The number of para-hydroxylation sites is 1. The average Bonchev–Trinajstić information content (AvgIpc) is 2.96. The van der Waals surface area contributed by atoms with Crippen molar-refractivity contribution in [3.05, 3.63) is 90.5 Å². The van der Waals surface area contributed by atoms with Crippen LogP contribution < -0.4 is 14.4 Å². The number of carbonyl (C=O) groups is 2. The number of amides is 2. The molecule has 0 heterocycles. The Labute approximate surface area is 237 Å². The number of nitrogens with one attached hydrogen (secondary N) is 1. The lowest BCUT2D eigenvalue weighted by atomic mass is 9.95. The van der Waals surface area contributed by atoms with E-state index >= 15 is 0 Å². The van der Waals surface area contributed by atoms with E-state index in [1.54, 1.807) is 31.2 Å². The second-order valence-electron chi connectivity index (χ2n) is 10.2. The van der Waals surface area contributed by atoms with Gasteiger partial charge >= 0.3 is 0 Å². The molecule has 0 radical (unpaired) electrons. The van der Waals surface area contributed by atoms with Gasteiger partial charge in [-0.2, -0.15) is 0 Å². The van der Waals surface area contributed by atoms with Crippen LogP contribution in [0.15, 0.2) is 84.9 Å². The highest BCUT2D eigenvalue weighted by Gasteiger charge is 2.31. The summed E-state index contributed by atoms with van der Waals surface area (Å²) in [5.74, 6) is 0.491. The SMILES string of the molecule is C[C@H](C(=O)NC1CCCCC1)N(Cc1ccccc1)C(=O)CN(c1ccc(Oc2ccccc2)cc1)S(C)(=O)=O. The van der Waals surface area contributed by atoms with Crippen LogP contribution in [-0.2, 0) is 26.2 Å². The number of ether oxygens (including phenoxy) is 1. The molecule has 0 aromatic heterocycles. The zero-order valence-electron chi connectivity index (χ0n) is 23.0. The summed E-state index contributed by atoms with van der Waals surface area (Å²) in [6.45, 7) is 1.44. The van der Waals surface area contributed by atoms with Crippen LogP contribution in [0.2, 0.25) is 0 Å². The Kier molecular flexibility index (Phi) is 9.82. The van der Waals surface area contributed by atoms with Gasteiger partial charge in [0.15, 0.2) is 0 Å². The third kappa shape index (κ3) is 8.08. The maximum Gasteiger partial charge on any atom is 0.244 e. The molecule has 9 heteroatoms. The standard InChI is InChI=1S/C31H37N3O5S/c1-24(31(36)32-26-14-8-4-9-15-26)33(22-25-12-6-3-7-13-25)30(35)23-34(40(2,37)38)27-18-20-29(21-19-27)39-28-16-10-5-11-17-28/h3,5-7,10-13,16-21,24,26H,4,8-9,14-15,22-23H2,1-2H3,(H,32,36)/t24-/m1/s1. The van der Waals surface area contributed by atoms with E-state index < -0.39 is 28.5 Å². The number of rotatable bonds is 11. The van der Waals surface area contributed by atoms with Gasteiger partial charge in [-0.05, 0) is 61.7 Å². The lowest BCUT2D eigenvalue weighted by Gasteiger charge is -2.33. The second-order valence-corrected chi connectivity index (χ2v) is 12.1. The molecule has 0 bridgehead atoms. The second kappa shape index (κ2) is 13.5. The molecule has 8 nitrogen and oxygen atoms in total. The Morgan fingerprint density at radius 1 is 0.875 bits per heavy atom. The van der Waals surface area contributed by atoms with Gasteiger partial charge in [0.1, 0.15) is 24.1 Å². The average molecular weight is 564 g/mol. The molecule has 1 aliphatic carbocycles. The summed E-state index contributed by atoms with van der Waals surface area (Å²) >= 11 is 0. The molecule has 0 saturated heterocycles. The van der Waals surface area contributed by atoms with Crippen molar-refractivity contribution in [2.75, 3.05) is 17.1 Å². The molecule has 0 spiro atoms. The van der Waals surface area contributed by atoms with Crippen LogP contribution in [0.1, 0.15) is 44.6 Å². The first-order chi connectivity index (χ1) is 19.2. The van der Waals surface area contributed by atoms with Crippen LogP contribution in [0, 0.1) is 0 Å². The predicted molar refractivity (Wildman–Crippen MR) is 157 cm³/mol. The van der Waals surface area contributed by atoms with Crippen molar-refractivity contribution in [2.24, 2.45) is 0 Å². The lowest BCUT2D eigenvalue weighted by Crippen LogP contribution is -2.52. The number of hydrogen-bond acceptors (Lipinski definition) is 5. The molecule has 4 rings (SSSR count). The molecule has 1 fully saturated rings. The minimum absolute atomic E-state index is 0.0986. The number of nitrogens with zero attached hydrogens (tertiary/aromatic N) is 2. The fraction of sp³-hybridized carbons (Fsp3) is 0.355. The summed E-state index contributed by atoms with van der Waals surface area (Å²) in [5.41, 5.74) is 1.18. The van der Waals surface area contributed by atoms with Gasteiger partial charge in [-0.1, -0.05) is 67.8 Å². The minimum Gasteiger partial charge on any atom is -0.457 e. The molecule has 0 unspecified atom stereocenters. The topological polar surface area (TPSA) is 96.0 Å². The van der Waals surface area contributed by atoms with Crippen molar-refractivity contribution in [1.82, 2.24) is 10.2 Å². The molecule has 40 heavy (non-hydrogen) atoms. The first-order valence-corrected chi connectivity index (χ1v) is 15.5. The number of hydrogen-bond donors (Lipinski definition) is 1. The molecule has 2 amide bonds. The van der Waals surface area contributed by atoms with E-state index in [4.69, 9.17) is 4.74 Å². The van der Waals surface area contributed by atoms with Crippen molar-refractivity contribution >= 4 is 27.5 Å². The van der Waals surface area contributed by atoms with Crippen molar-refractivity contribution in [3.8, 4) is 11.5 Å². The molecule has 1 N–H and O–H groups in total. The molecule has 1 saturated carbocycles. The molecule has 3 aromatic rings. The number of benzene rings is 3. The quantitative estimate of drug-likeness (QED) is 0.350. The minimum atomic E-state index is -3.82. The van der Waals surface area contributed by atoms with E-state index in [0.717, 1.165) is 41.8 Å². The number of anilines is 1. The fourth-order valence-corrected chi connectivity index (χ4v) is 5.70. The molecule has 0 aliphatic heterocycles. The van der Waals surface area contributed by atoms with Crippen molar-refractivity contribution in [3.63, 3.8) is 0 Å². The van der Waals surface area contributed by atoms with Gasteiger partial charge in [0.25, 0.3) is 0 Å². The highest BCUT2D eigenvalue weighted by molar-refractivity contribution is 7.92. The first-order valence-electron chi connectivity index (χ1n) is 13.6. The molecular weight excluding hydrogens is 526 g/mol. The van der Waals surface area contributed by atoms with E-state index in [2.05, 4.69) is 5.32 Å². The third-order valence-corrected chi connectivity index (χ3v) is 8.24. The van der Waals surface area contributed by atoms with Crippen molar-refractivity contribution in [2.45, 2.75) is 57.7 Å². The van der Waals surface area contributed by atoms with E-state index in [1.165, 1.54) is 11.3 Å². The van der Waals surface area contributed by atoms with Gasteiger partial charge in [-0.3, -0.25) is 13.9 Å². The Morgan fingerprint density at radius 3 is 2.05 bits per heavy atom. The van der Waals surface area contributed by atoms with Crippen LogP contribution >= 0.6 is 0 Å². The summed E-state index contributed by atoms with van der Waals surface area (Å²) < 4.78 is 32.5. The highest BCUT2D eigenvalue weighted by Crippen LogP contribution is 2.26. The van der Waals surface area contributed by atoms with Crippen molar-refractivity contribution < 1.29 is 22.7 Å². The van der Waals surface area contributed by atoms with Crippen molar-refractivity contribution in [1.29, 1.82) is 0 Å². The van der Waals surface area contributed by atoms with E-state index in [9.17, 15) is 18.0 Å². The molecule has 1 atom stereocenters. The normalized spacial score (nSPS) is 14.7. The number of carbonyl (C=O) groups excluding carboxylic acids is 2. The summed E-state index contributed by atoms with van der Waals surface area (Å²) in [7, 11) is -3.82. The first kappa shape index (κ1) is 29.1. The molecular formula is C31H37N3O5S. The van der Waals surface area contributed by atoms with Crippen LogP contribution in [0.5, 0.6) is 11.5 Å². The Morgan fingerprint density at radius 2 is 1.45 bits per heavy atom. The highest BCUT2D eigenvalue weighted by atomic mass is 32.2. The fourth-order valence-electron chi connectivity index (χ4n) is 4.85. The van der Waals surface area contributed by atoms with Gasteiger partial charge in [0.2, 0.25) is 21.8 Å². The Hall–Kier alpha value is -3.85. The van der Waals surface area contributed by atoms with E-state index in [-0.39, 0.29) is 18.5 Å².